The smallest absolute Gasteiger partial charge is 0.0500 e. The van der Waals surface area contributed by atoms with Crippen molar-refractivity contribution in [3.63, 3.8) is 0 Å². The van der Waals surface area contributed by atoms with Gasteiger partial charge in [-0.15, -0.1) is 0 Å². The Labute approximate surface area is 163 Å². The van der Waals surface area contributed by atoms with Crippen LogP contribution in [0.5, 0.6) is 0 Å². The van der Waals surface area contributed by atoms with Gasteiger partial charge in [-0.05, 0) is 46.1 Å². The van der Waals surface area contributed by atoms with Crippen molar-refractivity contribution in [1.29, 1.82) is 0 Å². The summed E-state index contributed by atoms with van der Waals surface area (Å²) in [7, 11) is 0. The maximum atomic E-state index is 5.93. The average molecular weight is 364 g/mol. The minimum atomic E-state index is 0.172. The zero-order valence-corrected chi connectivity index (χ0v) is 15.4. The molecule has 2 aromatic heterocycles. The van der Waals surface area contributed by atoms with Crippen molar-refractivity contribution < 1.29 is 0 Å². The molecule has 1 aromatic carbocycles. The standard InChI is InChI=1S/C24H16N2S/c27-24-21(18-9-5-11-26-15-18)13-22-19(16-6-2-1-3-7-16)12-20(23(22)24)17-8-4-10-25-14-17/h1-15,22H. The minimum Gasteiger partial charge on any atom is -0.264 e. The number of benzene rings is 1. The van der Waals surface area contributed by atoms with Gasteiger partial charge in [-0.2, -0.15) is 0 Å². The van der Waals surface area contributed by atoms with Crippen LogP contribution in [0.3, 0.4) is 0 Å². The second kappa shape index (κ2) is 6.53. The number of fused-ring (bicyclic) bond motifs is 1. The summed E-state index contributed by atoms with van der Waals surface area (Å²) in [5, 5.41) is 0. The van der Waals surface area contributed by atoms with E-state index in [4.69, 9.17) is 12.2 Å². The monoisotopic (exact) mass is 364 g/mol. The molecular weight excluding hydrogens is 348 g/mol. The van der Waals surface area contributed by atoms with Crippen molar-refractivity contribution in [2.24, 2.45) is 5.92 Å². The molecule has 27 heavy (non-hydrogen) atoms. The van der Waals surface area contributed by atoms with E-state index in [-0.39, 0.29) is 5.92 Å². The van der Waals surface area contributed by atoms with E-state index >= 15 is 0 Å². The van der Waals surface area contributed by atoms with Crippen LogP contribution in [0, 0.1) is 5.92 Å². The Bertz CT molecular complexity index is 1110. The molecule has 0 N–H and O–H groups in total. The van der Waals surface area contributed by atoms with Crippen molar-refractivity contribution in [2.75, 3.05) is 0 Å². The average Bonchev–Trinajstić information content (AvgIpc) is 3.28. The van der Waals surface area contributed by atoms with E-state index in [1.165, 1.54) is 22.3 Å². The molecular formula is C24H16N2S. The minimum absolute atomic E-state index is 0.172. The van der Waals surface area contributed by atoms with E-state index in [1.807, 2.05) is 30.6 Å². The second-order valence-electron chi connectivity index (χ2n) is 6.66. The van der Waals surface area contributed by atoms with Crippen molar-refractivity contribution >= 4 is 33.8 Å². The summed E-state index contributed by atoms with van der Waals surface area (Å²) in [5.41, 5.74) is 8.16. The first-order valence-corrected chi connectivity index (χ1v) is 9.32. The third-order valence-corrected chi connectivity index (χ3v) is 5.55. The summed E-state index contributed by atoms with van der Waals surface area (Å²) in [6.45, 7) is 0. The highest BCUT2D eigenvalue weighted by atomic mass is 32.1. The summed E-state index contributed by atoms with van der Waals surface area (Å²) >= 11 is 5.93. The topological polar surface area (TPSA) is 25.8 Å². The van der Waals surface area contributed by atoms with Crippen LogP contribution in [-0.4, -0.2) is 14.8 Å². The van der Waals surface area contributed by atoms with Gasteiger partial charge in [0, 0.05) is 41.8 Å². The number of nitrogens with zero attached hydrogens (tertiary/aromatic N) is 2. The molecule has 0 amide bonds. The Morgan fingerprint density at radius 3 is 2.07 bits per heavy atom. The van der Waals surface area contributed by atoms with E-state index in [2.05, 4.69) is 58.5 Å². The Morgan fingerprint density at radius 1 is 0.741 bits per heavy atom. The number of aromatic nitrogens is 2. The quantitative estimate of drug-likeness (QED) is 0.581. The normalized spacial score (nSPS) is 18.4. The lowest BCUT2D eigenvalue weighted by atomic mass is 9.93. The molecule has 2 aliphatic carbocycles. The summed E-state index contributed by atoms with van der Waals surface area (Å²) < 4.78 is 0. The van der Waals surface area contributed by atoms with E-state index in [9.17, 15) is 0 Å². The van der Waals surface area contributed by atoms with Gasteiger partial charge in [-0.3, -0.25) is 9.97 Å². The molecule has 0 spiro atoms. The lowest BCUT2D eigenvalue weighted by molar-refractivity contribution is 1.10. The van der Waals surface area contributed by atoms with Crippen LogP contribution in [0.15, 0.2) is 97.1 Å². The van der Waals surface area contributed by atoms with Gasteiger partial charge in [0.25, 0.3) is 0 Å². The van der Waals surface area contributed by atoms with Gasteiger partial charge in [0.15, 0.2) is 0 Å². The molecule has 3 aromatic rings. The van der Waals surface area contributed by atoms with Crippen molar-refractivity contribution in [1.82, 2.24) is 9.97 Å². The van der Waals surface area contributed by atoms with Gasteiger partial charge in [0.1, 0.15) is 0 Å². The van der Waals surface area contributed by atoms with Crippen LogP contribution < -0.4 is 0 Å². The first-order chi connectivity index (χ1) is 13.3. The molecule has 0 bridgehead atoms. The fourth-order valence-corrected chi connectivity index (χ4v) is 4.30. The Hall–Kier alpha value is -3.17. The molecule has 0 fully saturated rings. The molecule has 0 aliphatic heterocycles. The SMILES string of the molecule is S=C1C(c2cccnc2)=CC2C(c3ccccc3)=CC(c3cccnc3)=C12. The van der Waals surface area contributed by atoms with Crippen molar-refractivity contribution in [3.8, 4) is 0 Å². The highest BCUT2D eigenvalue weighted by Crippen LogP contribution is 2.49. The van der Waals surface area contributed by atoms with Gasteiger partial charge in [0.05, 0.1) is 4.86 Å². The molecule has 5 rings (SSSR count). The molecule has 0 saturated carbocycles. The van der Waals surface area contributed by atoms with Crippen LogP contribution in [0.2, 0.25) is 0 Å². The molecule has 128 valence electrons. The molecule has 0 saturated heterocycles. The maximum Gasteiger partial charge on any atom is 0.0500 e. The van der Waals surface area contributed by atoms with Crippen LogP contribution in [0.4, 0.5) is 0 Å². The van der Waals surface area contributed by atoms with Gasteiger partial charge in [-0.1, -0.05) is 60.8 Å². The lowest BCUT2D eigenvalue weighted by Gasteiger charge is -2.11. The first kappa shape index (κ1) is 16.0. The summed E-state index contributed by atoms with van der Waals surface area (Å²) in [6.07, 6.45) is 11.9. The molecule has 2 nitrogen and oxygen atoms in total. The predicted molar refractivity (Wildman–Crippen MR) is 114 cm³/mol. The maximum absolute atomic E-state index is 5.93. The van der Waals surface area contributed by atoms with E-state index < -0.39 is 0 Å². The number of rotatable bonds is 3. The third kappa shape index (κ3) is 2.68. The van der Waals surface area contributed by atoms with E-state index in [0.29, 0.717) is 0 Å². The van der Waals surface area contributed by atoms with Crippen LogP contribution in [0.25, 0.3) is 16.7 Å². The Kier molecular flexibility index (Phi) is 3.88. The highest BCUT2D eigenvalue weighted by molar-refractivity contribution is 7.82. The zero-order valence-electron chi connectivity index (χ0n) is 14.5. The zero-order chi connectivity index (χ0) is 18.2. The molecule has 3 heteroatoms. The number of hydrogen-bond donors (Lipinski definition) is 0. The molecule has 2 aliphatic rings. The summed E-state index contributed by atoms with van der Waals surface area (Å²) in [6, 6.07) is 18.6. The first-order valence-electron chi connectivity index (χ1n) is 8.91. The molecule has 0 radical (unpaired) electrons. The van der Waals surface area contributed by atoms with Crippen molar-refractivity contribution in [2.45, 2.75) is 0 Å². The fourth-order valence-electron chi connectivity index (χ4n) is 3.87. The number of thiocarbonyl (C=S) groups is 1. The van der Waals surface area contributed by atoms with Crippen LogP contribution >= 0.6 is 12.2 Å². The Morgan fingerprint density at radius 2 is 1.41 bits per heavy atom. The van der Waals surface area contributed by atoms with Gasteiger partial charge >= 0.3 is 0 Å². The second-order valence-corrected chi connectivity index (χ2v) is 7.07. The van der Waals surface area contributed by atoms with E-state index in [1.54, 1.807) is 12.4 Å². The van der Waals surface area contributed by atoms with Gasteiger partial charge in [-0.25, -0.2) is 0 Å². The highest BCUT2D eigenvalue weighted by Gasteiger charge is 2.36. The molecule has 1 atom stereocenters. The molecule has 2 heterocycles. The van der Waals surface area contributed by atoms with Crippen LogP contribution in [0.1, 0.15) is 16.7 Å². The van der Waals surface area contributed by atoms with Crippen LogP contribution in [-0.2, 0) is 0 Å². The number of allylic oxidation sites excluding steroid dienone is 6. The van der Waals surface area contributed by atoms with Gasteiger partial charge < -0.3 is 0 Å². The van der Waals surface area contributed by atoms with E-state index in [0.717, 1.165) is 21.6 Å². The summed E-state index contributed by atoms with van der Waals surface area (Å²) in [5.74, 6) is 0.172. The van der Waals surface area contributed by atoms with Crippen molar-refractivity contribution in [3.05, 3.63) is 114 Å². The molecule has 1 unspecified atom stereocenters. The number of hydrogen-bond acceptors (Lipinski definition) is 3. The number of pyridine rings is 2. The lowest BCUT2D eigenvalue weighted by Crippen LogP contribution is -2.03. The van der Waals surface area contributed by atoms with Gasteiger partial charge in [0.2, 0.25) is 0 Å². The largest absolute Gasteiger partial charge is 0.264 e. The predicted octanol–water partition coefficient (Wildman–Crippen LogP) is 5.41. The fraction of sp³-hybridized carbons (Fsp3) is 0.0417. The Balaban J connectivity index is 1.69. The summed E-state index contributed by atoms with van der Waals surface area (Å²) in [4.78, 5) is 9.49. The third-order valence-electron chi connectivity index (χ3n) is 5.11.